The Morgan fingerprint density at radius 3 is 2.53 bits per heavy atom. The van der Waals surface area contributed by atoms with Crippen LogP contribution in [-0.2, 0) is 4.79 Å². The van der Waals surface area contributed by atoms with E-state index >= 15 is 0 Å². The molecule has 19 heavy (non-hydrogen) atoms. The van der Waals surface area contributed by atoms with Crippen molar-refractivity contribution in [1.29, 1.82) is 0 Å². The Kier molecular flexibility index (Phi) is 8.18. The van der Waals surface area contributed by atoms with Crippen molar-refractivity contribution in [1.82, 2.24) is 5.32 Å². The second kappa shape index (κ2) is 8.48. The fourth-order valence-corrected chi connectivity index (χ4v) is 1.52. The highest BCUT2D eigenvalue weighted by atomic mass is 35.5. The standard InChI is InChI=1S/C12H16Cl2N2O2.ClH/c1-7(6-15)16-12(17)8(2)18-9-3-4-10(13)11(14)5-9;/h3-5,7-8H,6,15H2,1-2H3,(H,16,17);1H/t7-,8?;/m0./s1. The first-order chi connectivity index (χ1) is 8.43. The number of nitrogens with two attached hydrogens (primary N) is 1. The third-order valence-corrected chi connectivity index (χ3v) is 3.05. The van der Waals surface area contributed by atoms with Gasteiger partial charge in [0.05, 0.1) is 10.0 Å². The summed E-state index contributed by atoms with van der Waals surface area (Å²) in [5.74, 6) is 0.270. The molecule has 0 saturated carbocycles. The number of ether oxygens (including phenoxy) is 1. The Balaban J connectivity index is 0.00000324. The Bertz CT molecular complexity index is 429. The molecular formula is C12H17Cl3N2O2. The molecule has 0 bridgehead atoms. The van der Waals surface area contributed by atoms with E-state index in [2.05, 4.69) is 5.32 Å². The van der Waals surface area contributed by atoms with Gasteiger partial charge in [0, 0.05) is 18.7 Å². The zero-order chi connectivity index (χ0) is 13.7. The van der Waals surface area contributed by atoms with E-state index in [1.165, 1.54) is 0 Å². The molecule has 1 unspecified atom stereocenters. The zero-order valence-corrected chi connectivity index (χ0v) is 13.0. The molecule has 0 heterocycles. The van der Waals surface area contributed by atoms with Gasteiger partial charge in [0.2, 0.25) is 0 Å². The molecule has 0 fully saturated rings. The maximum absolute atomic E-state index is 11.7. The van der Waals surface area contributed by atoms with Crippen molar-refractivity contribution in [2.45, 2.75) is 26.0 Å². The van der Waals surface area contributed by atoms with E-state index in [0.29, 0.717) is 22.3 Å². The van der Waals surface area contributed by atoms with Crippen LogP contribution >= 0.6 is 35.6 Å². The topological polar surface area (TPSA) is 64.3 Å². The number of hydrogen-bond donors (Lipinski definition) is 2. The van der Waals surface area contributed by atoms with Gasteiger partial charge in [0.15, 0.2) is 6.10 Å². The number of hydrogen-bond acceptors (Lipinski definition) is 3. The molecule has 1 aromatic carbocycles. The van der Waals surface area contributed by atoms with Gasteiger partial charge in [0.25, 0.3) is 5.91 Å². The number of carbonyl (C=O) groups excluding carboxylic acids is 1. The van der Waals surface area contributed by atoms with Crippen LogP contribution in [0.5, 0.6) is 5.75 Å². The largest absolute Gasteiger partial charge is 0.481 e. The third-order valence-electron chi connectivity index (χ3n) is 2.32. The maximum atomic E-state index is 11.7. The van der Waals surface area contributed by atoms with Crippen LogP contribution in [-0.4, -0.2) is 24.6 Å². The molecule has 0 radical (unpaired) electrons. The van der Waals surface area contributed by atoms with Crippen LogP contribution in [0.4, 0.5) is 0 Å². The van der Waals surface area contributed by atoms with Crippen molar-refractivity contribution >= 4 is 41.5 Å². The van der Waals surface area contributed by atoms with E-state index < -0.39 is 6.10 Å². The molecule has 0 aliphatic carbocycles. The number of benzene rings is 1. The molecular weight excluding hydrogens is 311 g/mol. The molecule has 0 aliphatic heterocycles. The molecule has 0 saturated heterocycles. The molecule has 0 aromatic heterocycles. The molecule has 1 aromatic rings. The predicted octanol–water partition coefficient (Wildman–Crippen LogP) is 2.65. The Labute approximate surface area is 129 Å². The second-order valence-electron chi connectivity index (χ2n) is 3.98. The summed E-state index contributed by atoms with van der Waals surface area (Å²) in [5.41, 5.74) is 5.42. The highest BCUT2D eigenvalue weighted by Crippen LogP contribution is 2.26. The molecule has 0 aliphatic rings. The minimum Gasteiger partial charge on any atom is -0.481 e. The van der Waals surface area contributed by atoms with E-state index in [1.807, 2.05) is 6.92 Å². The molecule has 3 N–H and O–H groups in total. The van der Waals surface area contributed by atoms with Crippen molar-refractivity contribution in [2.24, 2.45) is 5.73 Å². The van der Waals surface area contributed by atoms with Crippen molar-refractivity contribution < 1.29 is 9.53 Å². The van der Waals surface area contributed by atoms with Crippen LogP contribution < -0.4 is 15.8 Å². The highest BCUT2D eigenvalue weighted by Gasteiger charge is 2.16. The van der Waals surface area contributed by atoms with Gasteiger partial charge in [-0.2, -0.15) is 0 Å². The summed E-state index contributed by atoms with van der Waals surface area (Å²) in [6.45, 7) is 3.86. The molecule has 1 rings (SSSR count). The Hall–Kier alpha value is -0.680. The molecule has 0 spiro atoms. The first-order valence-corrected chi connectivity index (χ1v) is 6.31. The summed E-state index contributed by atoms with van der Waals surface area (Å²) in [6.07, 6.45) is -0.628. The summed E-state index contributed by atoms with van der Waals surface area (Å²) in [7, 11) is 0. The monoisotopic (exact) mass is 326 g/mol. The molecule has 2 atom stereocenters. The Morgan fingerprint density at radius 2 is 2.00 bits per heavy atom. The number of halogens is 3. The van der Waals surface area contributed by atoms with Crippen LogP contribution in [0.3, 0.4) is 0 Å². The lowest BCUT2D eigenvalue weighted by Crippen LogP contribution is -2.44. The first-order valence-electron chi connectivity index (χ1n) is 5.56. The van der Waals surface area contributed by atoms with Gasteiger partial charge < -0.3 is 15.8 Å². The summed E-state index contributed by atoms with van der Waals surface area (Å²) < 4.78 is 5.46. The molecule has 7 heteroatoms. The lowest BCUT2D eigenvalue weighted by atomic mass is 10.3. The van der Waals surface area contributed by atoms with Crippen molar-refractivity contribution in [2.75, 3.05) is 6.54 Å². The number of carbonyl (C=O) groups is 1. The van der Waals surface area contributed by atoms with Gasteiger partial charge in [-0.1, -0.05) is 23.2 Å². The highest BCUT2D eigenvalue weighted by molar-refractivity contribution is 6.42. The summed E-state index contributed by atoms with van der Waals surface area (Å²) in [5, 5.41) is 3.56. The summed E-state index contributed by atoms with van der Waals surface area (Å²) >= 11 is 11.6. The van der Waals surface area contributed by atoms with Crippen molar-refractivity contribution in [3.63, 3.8) is 0 Å². The van der Waals surface area contributed by atoms with E-state index in [4.69, 9.17) is 33.7 Å². The van der Waals surface area contributed by atoms with Gasteiger partial charge >= 0.3 is 0 Å². The van der Waals surface area contributed by atoms with Gasteiger partial charge in [-0.25, -0.2) is 0 Å². The van der Waals surface area contributed by atoms with Crippen LogP contribution in [0.2, 0.25) is 10.0 Å². The summed E-state index contributed by atoms with van der Waals surface area (Å²) in [4.78, 5) is 11.7. The number of nitrogens with one attached hydrogen (secondary N) is 1. The smallest absolute Gasteiger partial charge is 0.261 e. The average molecular weight is 328 g/mol. The van der Waals surface area contributed by atoms with Crippen LogP contribution in [0.25, 0.3) is 0 Å². The van der Waals surface area contributed by atoms with Crippen LogP contribution in [0.1, 0.15) is 13.8 Å². The third kappa shape index (κ3) is 5.87. The number of amides is 1. The van der Waals surface area contributed by atoms with E-state index in [9.17, 15) is 4.79 Å². The maximum Gasteiger partial charge on any atom is 0.261 e. The number of rotatable bonds is 5. The molecule has 1 amide bonds. The normalized spacial score (nSPS) is 13.1. The van der Waals surface area contributed by atoms with Gasteiger partial charge in [0.1, 0.15) is 5.75 Å². The van der Waals surface area contributed by atoms with Gasteiger partial charge in [-0.15, -0.1) is 12.4 Å². The lowest BCUT2D eigenvalue weighted by molar-refractivity contribution is -0.127. The molecule has 4 nitrogen and oxygen atoms in total. The average Bonchev–Trinajstić information content (AvgIpc) is 2.33. The van der Waals surface area contributed by atoms with Crippen LogP contribution in [0, 0.1) is 0 Å². The van der Waals surface area contributed by atoms with E-state index in [1.54, 1.807) is 25.1 Å². The minimum absolute atomic E-state index is 0. The predicted molar refractivity (Wildman–Crippen MR) is 80.5 cm³/mol. The minimum atomic E-state index is -0.628. The van der Waals surface area contributed by atoms with Crippen molar-refractivity contribution in [3.8, 4) is 5.75 Å². The van der Waals surface area contributed by atoms with Crippen LogP contribution in [0.15, 0.2) is 18.2 Å². The zero-order valence-electron chi connectivity index (χ0n) is 10.7. The van der Waals surface area contributed by atoms with Gasteiger partial charge in [-0.3, -0.25) is 4.79 Å². The quantitative estimate of drug-likeness (QED) is 0.874. The Morgan fingerprint density at radius 1 is 1.37 bits per heavy atom. The summed E-state index contributed by atoms with van der Waals surface area (Å²) in [6, 6.07) is 4.76. The fourth-order valence-electron chi connectivity index (χ4n) is 1.23. The van der Waals surface area contributed by atoms with E-state index in [0.717, 1.165) is 0 Å². The van der Waals surface area contributed by atoms with E-state index in [-0.39, 0.29) is 24.4 Å². The first kappa shape index (κ1) is 18.3. The molecule has 108 valence electrons. The lowest BCUT2D eigenvalue weighted by Gasteiger charge is -2.17. The van der Waals surface area contributed by atoms with Crippen molar-refractivity contribution in [3.05, 3.63) is 28.2 Å². The fraction of sp³-hybridized carbons (Fsp3) is 0.417. The van der Waals surface area contributed by atoms with Gasteiger partial charge in [-0.05, 0) is 26.0 Å². The second-order valence-corrected chi connectivity index (χ2v) is 4.80. The SMILES string of the molecule is CC(Oc1ccc(Cl)c(Cl)c1)C(=O)N[C@@H](C)CN.Cl.